The molecular formula is C9H10N2O3S. The van der Waals surface area contributed by atoms with Crippen molar-refractivity contribution >= 4 is 22.9 Å². The lowest BCUT2D eigenvalue weighted by Crippen LogP contribution is -2.12. The molecule has 0 unspecified atom stereocenters. The zero-order valence-corrected chi connectivity index (χ0v) is 8.91. The second kappa shape index (κ2) is 4.70. The highest BCUT2D eigenvalue weighted by atomic mass is 32.1. The third-order valence-electron chi connectivity index (χ3n) is 1.85. The van der Waals surface area contributed by atoms with E-state index in [-0.39, 0.29) is 22.8 Å². The monoisotopic (exact) mass is 226 g/mol. The maximum atomic E-state index is 10.8. The quantitative estimate of drug-likeness (QED) is 0.477. The molecule has 0 saturated carbocycles. The lowest BCUT2D eigenvalue weighted by atomic mass is 10.1. The minimum absolute atomic E-state index is 0.0761. The fraction of sp³-hybridized carbons (Fsp3) is 0.222. The third kappa shape index (κ3) is 2.63. The molecule has 0 aliphatic heterocycles. The van der Waals surface area contributed by atoms with Crippen LogP contribution in [0.25, 0.3) is 0 Å². The molecule has 1 aromatic carbocycles. The number of nitrogens with two attached hydrogens (primary N) is 1. The van der Waals surface area contributed by atoms with Crippen molar-refractivity contribution in [1.29, 1.82) is 0 Å². The first-order valence-corrected chi connectivity index (χ1v) is 4.55. The number of benzene rings is 1. The standard InChI is InChI=1S/C9H10N2O3S/c1-14-7-4-2-3-6(5-8(10)15)9(7)11(12)13/h2-4H,5H2,1H3,(H2,10,15). The van der Waals surface area contributed by atoms with Crippen molar-refractivity contribution in [1.82, 2.24) is 0 Å². The summed E-state index contributed by atoms with van der Waals surface area (Å²) in [7, 11) is 1.38. The maximum absolute atomic E-state index is 10.8. The number of rotatable bonds is 4. The summed E-state index contributed by atoms with van der Waals surface area (Å²) in [5, 5.41) is 10.8. The second-order valence-corrected chi connectivity index (χ2v) is 3.39. The predicted molar refractivity (Wildman–Crippen MR) is 60.1 cm³/mol. The molecule has 0 aliphatic rings. The summed E-state index contributed by atoms with van der Waals surface area (Å²) >= 11 is 4.72. The van der Waals surface area contributed by atoms with Crippen LogP contribution < -0.4 is 10.5 Å². The van der Waals surface area contributed by atoms with Gasteiger partial charge in [0.25, 0.3) is 0 Å². The number of nitrogens with zero attached hydrogens (tertiary/aromatic N) is 1. The fourth-order valence-corrected chi connectivity index (χ4v) is 1.43. The maximum Gasteiger partial charge on any atom is 0.314 e. The highest BCUT2D eigenvalue weighted by Gasteiger charge is 2.20. The van der Waals surface area contributed by atoms with Gasteiger partial charge in [-0.05, 0) is 6.07 Å². The van der Waals surface area contributed by atoms with Gasteiger partial charge in [0.15, 0.2) is 5.75 Å². The minimum atomic E-state index is -0.494. The van der Waals surface area contributed by atoms with Crippen LogP contribution in [0.4, 0.5) is 5.69 Å². The molecule has 80 valence electrons. The minimum Gasteiger partial charge on any atom is -0.490 e. The van der Waals surface area contributed by atoms with Gasteiger partial charge in [-0.1, -0.05) is 24.4 Å². The van der Waals surface area contributed by atoms with Crippen molar-refractivity contribution in [3.8, 4) is 5.75 Å². The first-order valence-electron chi connectivity index (χ1n) is 4.15. The van der Waals surface area contributed by atoms with E-state index in [4.69, 9.17) is 22.7 Å². The molecule has 0 amide bonds. The number of methoxy groups -OCH3 is 1. The van der Waals surface area contributed by atoms with Gasteiger partial charge in [-0.15, -0.1) is 0 Å². The molecule has 1 rings (SSSR count). The SMILES string of the molecule is COc1cccc(CC(N)=S)c1[N+](=O)[O-]. The molecule has 0 bridgehead atoms. The molecule has 0 radical (unpaired) electrons. The van der Waals surface area contributed by atoms with Crippen LogP contribution in [0, 0.1) is 10.1 Å². The Kier molecular flexibility index (Phi) is 3.56. The first kappa shape index (κ1) is 11.4. The van der Waals surface area contributed by atoms with E-state index < -0.39 is 4.92 Å². The number of nitro benzene ring substituents is 1. The van der Waals surface area contributed by atoms with E-state index in [1.807, 2.05) is 0 Å². The van der Waals surface area contributed by atoms with E-state index in [0.717, 1.165) is 0 Å². The number of ether oxygens (including phenoxy) is 1. The zero-order chi connectivity index (χ0) is 11.4. The Morgan fingerprint density at radius 1 is 1.67 bits per heavy atom. The van der Waals surface area contributed by atoms with E-state index in [9.17, 15) is 10.1 Å². The van der Waals surface area contributed by atoms with E-state index in [1.165, 1.54) is 13.2 Å². The normalized spacial score (nSPS) is 9.67. The molecule has 0 spiro atoms. The van der Waals surface area contributed by atoms with Crippen molar-refractivity contribution in [2.24, 2.45) is 5.73 Å². The topological polar surface area (TPSA) is 78.4 Å². The van der Waals surface area contributed by atoms with Crippen LogP contribution in [0.3, 0.4) is 0 Å². The van der Waals surface area contributed by atoms with Gasteiger partial charge >= 0.3 is 5.69 Å². The highest BCUT2D eigenvalue weighted by Crippen LogP contribution is 2.30. The van der Waals surface area contributed by atoms with Gasteiger partial charge < -0.3 is 10.5 Å². The number of thiocarbonyl (C=S) groups is 1. The summed E-state index contributed by atoms with van der Waals surface area (Å²) < 4.78 is 4.90. The van der Waals surface area contributed by atoms with E-state index >= 15 is 0 Å². The summed E-state index contributed by atoms with van der Waals surface area (Å²) in [5.41, 5.74) is 5.74. The number of para-hydroxylation sites is 1. The van der Waals surface area contributed by atoms with Gasteiger partial charge in [0.05, 0.1) is 17.0 Å². The van der Waals surface area contributed by atoms with Crippen molar-refractivity contribution in [3.63, 3.8) is 0 Å². The smallest absolute Gasteiger partial charge is 0.314 e. The van der Waals surface area contributed by atoms with Crippen LogP contribution >= 0.6 is 12.2 Å². The number of hydrogen-bond donors (Lipinski definition) is 1. The van der Waals surface area contributed by atoms with Crippen molar-refractivity contribution in [3.05, 3.63) is 33.9 Å². The molecule has 0 saturated heterocycles. The Balaban J connectivity index is 3.25. The van der Waals surface area contributed by atoms with Crippen LogP contribution in [0.2, 0.25) is 0 Å². The first-order chi connectivity index (χ1) is 7.06. The van der Waals surface area contributed by atoms with Crippen molar-refractivity contribution in [2.45, 2.75) is 6.42 Å². The molecule has 5 nitrogen and oxygen atoms in total. The summed E-state index contributed by atoms with van der Waals surface area (Å²) in [4.78, 5) is 10.5. The lowest BCUT2D eigenvalue weighted by Gasteiger charge is -2.05. The molecule has 0 heterocycles. The molecule has 0 atom stereocenters. The van der Waals surface area contributed by atoms with E-state index in [0.29, 0.717) is 5.56 Å². The van der Waals surface area contributed by atoms with Gasteiger partial charge in [-0.2, -0.15) is 0 Å². The summed E-state index contributed by atoms with van der Waals surface area (Å²) in [6, 6.07) is 4.81. The Hall–Kier alpha value is -1.69. The van der Waals surface area contributed by atoms with Gasteiger partial charge in [-0.25, -0.2) is 0 Å². The molecule has 0 fully saturated rings. The largest absolute Gasteiger partial charge is 0.490 e. The highest BCUT2D eigenvalue weighted by molar-refractivity contribution is 7.80. The van der Waals surface area contributed by atoms with Crippen LogP contribution in [-0.4, -0.2) is 17.0 Å². The van der Waals surface area contributed by atoms with Gasteiger partial charge in [0.2, 0.25) is 0 Å². The average molecular weight is 226 g/mol. The van der Waals surface area contributed by atoms with Crippen LogP contribution in [0.5, 0.6) is 5.75 Å². The van der Waals surface area contributed by atoms with Crippen molar-refractivity contribution in [2.75, 3.05) is 7.11 Å². The number of hydrogen-bond acceptors (Lipinski definition) is 4. The molecular weight excluding hydrogens is 216 g/mol. The Labute approximate surface area is 92.0 Å². The van der Waals surface area contributed by atoms with Crippen LogP contribution in [0.15, 0.2) is 18.2 Å². The Bertz CT molecular complexity index is 406. The average Bonchev–Trinajstić information content (AvgIpc) is 2.15. The van der Waals surface area contributed by atoms with Gasteiger partial charge in [0, 0.05) is 12.0 Å². The lowest BCUT2D eigenvalue weighted by molar-refractivity contribution is -0.386. The molecule has 0 aromatic heterocycles. The van der Waals surface area contributed by atoms with Crippen molar-refractivity contribution < 1.29 is 9.66 Å². The van der Waals surface area contributed by atoms with E-state index in [2.05, 4.69) is 0 Å². The van der Waals surface area contributed by atoms with Gasteiger partial charge in [-0.3, -0.25) is 10.1 Å². The van der Waals surface area contributed by atoms with Crippen LogP contribution in [-0.2, 0) is 6.42 Å². The number of nitro groups is 1. The second-order valence-electron chi connectivity index (χ2n) is 2.87. The predicted octanol–water partition coefficient (Wildman–Crippen LogP) is 1.43. The fourth-order valence-electron chi connectivity index (χ4n) is 1.27. The third-order valence-corrected chi connectivity index (χ3v) is 1.99. The molecule has 1 aromatic rings. The van der Waals surface area contributed by atoms with Crippen LogP contribution in [0.1, 0.15) is 5.56 Å². The molecule has 15 heavy (non-hydrogen) atoms. The Morgan fingerprint density at radius 2 is 2.33 bits per heavy atom. The summed E-state index contributed by atoms with van der Waals surface area (Å²) in [5.74, 6) is 0.216. The van der Waals surface area contributed by atoms with Gasteiger partial charge in [0.1, 0.15) is 0 Å². The zero-order valence-electron chi connectivity index (χ0n) is 8.10. The Morgan fingerprint density at radius 3 is 2.80 bits per heavy atom. The molecule has 6 heteroatoms. The van der Waals surface area contributed by atoms with E-state index in [1.54, 1.807) is 12.1 Å². The summed E-state index contributed by atoms with van der Waals surface area (Å²) in [6.45, 7) is 0. The summed E-state index contributed by atoms with van der Waals surface area (Å²) in [6.07, 6.45) is 0.197. The molecule has 0 aliphatic carbocycles. The molecule has 2 N–H and O–H groups in total.